The normalized spacial score (nSPS) is 11.8. The summed E-state index contributed by atoms with van der Waals surface area (Å²) in [6, 6.07) is 11.6. The fourth-order valence-corrected chi connectivity index (χ4v) is 2.27. The van der Waals surface area contributed by atoms with Gasteiger partial charge < -0.3 is 19.9 Å². The van der Waals surface area contributed by atoms with Gasteiger partial charge in [-0.1, -0.05) is 29.8 Å². The number of carboxylic acid groups (broad SMARTS) is 1. The third kappa shape index (κ3) is 6.34. The number of methoxy groups -OCH3 is 1. The minimum atomic E-state index is -1.10. The molecule has 0 aliphatic carbocycles. The summed E-state index contributed by atoms with van der Waals surface area (Å²) >= 11 is 5.86. The van der Waals surface area contributed by atoms with Gasteiger partial charge in [0.05, 0.1) is 7.11 Å². The summed E-state index contributed by atoms with van der Waals surface area (Å²) in [7, 11) is 1.53. The first-order valence-corrected chi connectivity index (χ1v) is 8.53. The van der Waals surface area contributed by atoms with Gasteiger partial charge in [-0.3, -0.25) is 9.59 Å². The molecule has 7 heteroatoms. The van der Waals surface area contributed by atoms with Crippen LogP contribution >= 0.6 is 11.6 Å². The van der Waals surface area contributed by atoms with Gasteiger partial charge in [-0.15, -0.1) is 0 Å². The average Bonchev–Trinajstić information content (AvgIpc) is 2.66. The molecule has 0 heterocycles. The van der Waals surface area contributed by atoms with Crippen LogP contribution in [0, 0.1) is 0 Å². The Labute approximate surface area is 162 Å². The van der Waals surface area contributed by atoms with Gasteiger partial charge in [0.2, 0.25) is 5.91 Å². The number of benzene rings is 2. The van der Waals surface area contributed by atoms with Crippen molar-refractivity contribution in [3.8, 4) is 11.5 Å². The van der Waals surface area contributed by atoms with Crippen LogP contribution in [-0.4, -0.2) is 30.1 Å². The third-order valence-electron chi connectivity index (χ3n) is 3.65. The van der Waals surface area contributed by atoms with Crippen molar-refractivity contribution in [3.05, 3.63) is 64.7 Å². The predicted octanol–water partition coefficient (Wildman–Crippen LogP) is 3.53. The second-order valence-electron chi connectivity index (χ2n) is 5.73. The molecule has 1 atom stereocenters. The molecule has 2 aromatic carbocycles. The number of rotatable bonds is 8. The molecule has 2 aromatic rings. The molecule has 0 saturated carbocycles. The quantitative estimate of drug-likeness (QED) is 0.674. The van der Waals surface area contributed by atoms with Crippen molar-refractivity contribution in [2.45, 2.75) is 19.6 Å². The SMILES string of the molecule is COc1cc(/C=C/C(=O)N[C@@H](C)C(=O)O)ccc1OCc1ccc(Cl)cc1. The molecule has 0 saturated heterocycles. The van der Waals surface area contributed by atoms with E-state index < -0.39 is 17.9 Å². The molecule has 0 bridgehead atoms. The zero-order valence-electron chi connectivity index (χ0n) is 14.9. The van der Waals surface area contributed by atoms with Crippen molar-refractivity contribution in [1.82, 2.24) is 5.32 Å². The summed E-state index contributed by atoms with van der Waals surface area (Å²) in [5, 5.41) is 11.8. The van der Waals surface area contributed by atoms with E-state index in [0.29, 0.717) is 28.7 Å². The molecule has 1 amide bonds. The van der Waals surface area contributed by atoms with E-state index in [1.54, 1.807) is 36.4 Å². The predicted molar refractivity (Wildman–Crippen MR) is 103 cm³/mol. The van der Waals surface area contributed by atoms with E-state index in [2.05, 4.69) is 5.32 Å². The Bertz CT molecular complexity index is 833. The fourth-order valence-electron chi connectivity index (χ4n) is 2.14. The maximum atomic E-state index is 11.7. The van der Waals surface area contributed by atoms with Gasteiger partial charge in [-0.25, -0.2) is 0 Å². The summed E-state index contributed by atoms with van der Waals surface area (Å²) in [5.41, 5.74) is 1.68. The molecular formula is C20H20ClNO5. The van der Waals surface area contributed by atoms with Crippen LogP contribution in [-0.2, 0) is 16.2 Å². The third-order valence-corrected chi connectivity index (χ3v) is 3.90. The highest BCUT2D eigenvalue weighted by Gasteiger charge is 2.12. The molecule has 0 radical (unpaired) electrons. The van der Waals surface area contributed by atoms with Gasteiger partial charge in [0.1, 0.15) is 12.6 Å². The Kier molecular flexibility index (Phi) is 7.25. The lowest BCUT2D eigenvalue weighted by Crippen LogP contribution is -2.37. The van der Waals surface area contributed by atoms with E-state index in [9.17, 15) is 9.59 Å². The Hall–Kier alpha value is -2.99. The van der Waals surface area contributed by atoms with Crippen LogP contribution in [0.5, 0.6) is 11.5 Å². The highest BCUT2D eigenvalue weighted by Crippen LogP contribution is 2.29. The van der Waals surface area contributed by atoms with Crippen LogP contribution < -0.4 is 14.8 Å². The summed E-state index contributed by atoms with van der Waals surface area (Å²) in [6.07, 6.45) is 2.83. The molecule has 2 rings (SSSR count). The maximum Gasteiger partial charge on any atom is 0.325 e. The monoisotopic (exact) mass is 389 g/mol. The summed E-state index contributed by atoms with van der Waals surface area (Å²) in [4.78, 5) is 22.4. The molecule has 2 N–H and O–H groups in total. The first kappa shape index (κ1) is 20.3. The van der Waals surface area contributed by atoms with Crippen molar-refractivity contribution in [2.24, 2.45) is 0 Å². The van der Waals surface area contributed by atoms with Crippen molar-refractivity contribution in [2.75, 3.05) is 7.11 Å². The Morgan fingerprint density at radius 1 is 1.19 bits per heavy atom. The first-order chi connectivity index (χ1) is 12.9. The van der Waals surface area contributed by atoms with Crippen LogP contribution in [0.15, 0.2) is 48.5 Å². The van der Waals surface area contributed by atoms with Crippen LogP contribution in [0.4, 0.5) is 0 Å². The Morgan fingerprint density at radius 3 is 2.52 bits per heavy atom. The van der Waals surface area contributed by atoms with Gasteiger partial charge >= 0.3 is 5.97 Å². The molecule has 0 unspecified atom stereocenters. The number of carboxylic acids is 1. The van der Waals surface area contributed by atoms with Crippen LogP contribution in [0.2, 0.25) is 5.02 Å². The minimum Gasteiger partial charge on any atom is -0.493 e. The molecular weight excluding hydrogens is 370 g/mol. The number of halogens is 1. The molecule has 142 valence electrons. The van der Waals surface area contributed by atoms with Crippen molar-refractivity contribution in [3.63, 3.8) is 0 Å². The van der Waals surface area contributed by atoms with Crippen LogP contribution in [0.1, 0.15) is 18.1 Å². The highest BCUT2D eigenvalue weighted by atomic mass is 35.5. The average molecular weight is 390 g/mol. The van der Waals surface area contributed by atoms with E-state index in [1.807, 2.05) is 12.1 Å². The van der Waals surface area contributed by atoms with Crippen LogP contribution in [0.25, 0.3) is 6.08 Å². The first-order valence-electron chi connectivity index (χ1n) is 8.15. The second kappa shape index (κ2) is 9.64. The van der Waals surface area contributed by atoms with E-state index in [1.165, 1.54) is 20.1 Å². The number of amides is 1. The van der Waals surface area contributed by atoms with Crippen LogP contribution in [0.3, 0.4) is 0 Å². The molecule has 27 heavy (non-hydrogen) atoms. The lowest BCUT2D eigenvalue weighted by molar-refractivity contribution is -0.140. The van der Waals surface area contributed by atoms with Crippen molar-refractivity contribution in [1.29, 1.82) is 0 Å². The smallest absolute Gasteiger partial charge is 0.325 e. The number of nitrogens with one attached hydrogen (secondary N) is 1. The number of hydrogen-bond acceptors (Lipinski definition) is 4. The molecule has 0 fully saturated rings. The summed E-state index contributed by atoms with van der Waals surface area (Å²) in [6.45, 7) is 1.75. The number of carbonyl (C=O) groups is 2. The zero-order valence-corrected chi connectivity index (χ0v) is 15.7. The number of carbonyl (C=O) groups excluding carboxylic acids is 1. The van der Waals surface area contributed by atoms with E-state index >= 15 is 0 Å². The number of hydrogen-bond donors (Lipinski definition) is 2. The zero-order chi connectivity index (χ0) is 19.8. The fraction of sp³-hybridized carbons (Fsp3) is 0.200. The Balaban J connectivity index is 2.02. The van der Waals surface area contributed by atoms with Gasteiger partial charge in [0.25, 0.3) is 0 Å². The summed E-state index contributed by atoms with van der Waals surface area (Å²) in [5.74, 6) is -0.508. The summed E-state index contributed by atoms with van der Waals surface area (Å²) < 4.78 is 11.1. The van der Waals surface area contributed by atoms with Crippen molar-refractivity contribution >= 4 is 29.6 Å². The molecule has 0 spiro atoms. The maximum absolute atomic E-state index is 11.7. The number of aliphatic carboxylic acids is 1. The molecule has 0 aliphatic heterocycles. The number of ether oxygens (including phenoxy) is 2. The van der Waals surface area contributed by atoms with Gasteiger partial charge in [0.15, 0.2) is 11.5 Å². The van der Waals surface area contributed by atoms with Crippen molar-refractivity contribution < 1.29 is 24.2 Å². The minimum absolute atomic E-state index is 0.359. The highest BCUT2D eigenvalue weighted by molar-refractivity contribution is 6.30. The largest absolute Gasteiger partial charge is 0.493 e. The van der Waals surface area contributed by atoms with E-state index in [0.717, 1.165) is 5.56 Å². The lowest BCUT2D eigenvalue weighted by atomic mass is 10.2. The van der Waals surface area contributed by atoms with E-state index in [4.69, 9.17) is 26.2 Å². The lowest BCUT2D eigenvalue weighted by Gasteiger charge is -2.11. The topological polar surface area (TPSA) is 84.9 Å². The van der Waals surface area contributed by atoms with E-state index in [-0.39, 0.29) is 0 Å². The van der Waals surface area contributed by atoms with Gasteiger partial charge in [-0.05, 0) is 48.4 Å². The van der Waals surface area contributed by atoms with Gasteiger partial charge in [0, 0.05) is 11.1 Å². The van der Waals surface area contributed by atoms with Gasteiger partial charge in [-0.2, -0.15) is 0 Å². The molecule has 0 aliphatic rings. The molecule has 0 aromatic heterocycles. The molecule has 6 nitrogen and oxygen atoms in total. The standard InChI is InChI=1S/C20H20ClNO5/c1-13(20(24)25)22-19(23)10-6-14-5-9-17(18(11-14)26-2)27-12-15-3-7-16(21)8-4-15/h3-11,13H,12H2,1-2H3,(H,22,23)(H,24,25)/b10-6+/t13-/m0/s1. The Morgan fingerprint density at radius 2 is 1.89 bits per heavy atom. The second-order valence-corrected chi connectivity index (χ2v) is 6.16.